The average molecular weight is 247 g/mol. The number of thioether (sulfide) groups is 1. The van der Waals surface area contributed by atoms with Gasteiger partial charge in [-0.15, -0.1) is 11.8 Å². The maximum Gasteiger partial charge on any atom is 0.250 e. The van der Waals surface area contributed by atoms with Gasteiger partial charge in [0, 0.05) is 30.8 Å². The van der Waals surface area contributed by atoms with E-state index in [0.29, 0.717) is 12.2 Å². The van der Waals surface area contributed by atoms with Gasteiger partial charge in [-0.1, -0.05) is 6.07 Å². The zero-order chi connectivity index (χ0) is 12.1. The lowest BCUT2D eigenvalue weighted by molar-refractivity contribution is 0.735. The Morgan fingerprint density at radius 1 is 1.29 bits per heavy atom. The highest BCUT2D eigenvalue weighted by molar-refractivity contribution is 7.99. The average Bonchev–Trinajstić information content (AvgIpc) is 2.34. The van der Waals surface area contributed by atoms with Gasteiger partial charge >= 0.3 is 0 Å². The summed E-state index contributed by atoms with van der Waals surface area (Å²) in [5, 5.41) is 0.816. The molecule has 0 spiro atoms. The molecule has 0 unspecified atom stereocenters. The number of aryl methyl sites for hydroxylation is 1. The fourth-order valence-corrected chi connectivity index (χ4v) is 2.26. The van der Waals surface area contributed by atoms with Crippen molar-refractivity contribution >= 4 is 17.4 Å². The molecule has 0 aliphatic carbocycles. The zero-order valence-corrected chi connectivity index (χ0v) is 10.1. The van der Waals surface area contributed by atoms with E-state index in [9.17, 15) is 4.79 Å². The van der Waals surface area contributed by atoms with Crippen LogP contribution < -0.4 is 11.3 Å². The second-order valence-corrected chi connectivity index (χ2v) is 4.56. The number of rotatable bonds is 4. The van der Waals surface area contributed by atoms with E-state index in [0.717, 1.165) is 10.8 Å². The molecular weight excluding hydrogens is 234 g/mol. The Labute approximate surface area is 103 Å². The molecule has 2 aromatic heterocycles. The third-order valence-electron chi connectivity index (χ3n) is 2.27. The number of pyridine rings is 2. The molecule has 0 saturated heterocycles. The topological polar surface area (TPSA) is 60.9 Å². The maximum atomic E-state index is 11.4. The van der Waals surface area contributed by atoms with Gasteiger partial charge in [0.05, 0.1) is 5.69 Å². The van der Waals surface area contributed by atoms with Gasteiger partial charge in [0.25, 0.3) is 5.56 Å². The minimum absolute atomic E-state index is 0.0158. The van der Waals surface area contributed by atoms with Crippen molar-refractivity contribution in [3.63, 3.8) is 0 Å². The molecule has 5 heteroatoms. The number of hydrogen-bond acceptors (Lipinski definition) is 4. The smallest absolute Gasteiger partial charge is 0.250 e. The summed E-state index contributed by atoms with van der Waals surface area (Å²) in [6.07, 6.45) is 3.50. The van der Waals surface area contributed by atoms with E-state index in [4.69, 9.17) is 5.73 Å². The normalized spacial score (nSPS) is 10.4. The number of nitrogen functional groups attached to an aromatic ring is 1. The second-order valence-electron chi connectivity index (χ2n) is 3.48. The van der Waals surface area contributed by atoms with Crippen molar-refractivity contribution in [2.24, 2.45) is 0 Å². The van der Waals surface area contributed by atoms with Crippen LogP contribution in [-0.2, 0) is 6.54 Å². The third-order valence-corrected chi connectivity index (χ3v) is 3.27. The van der Waals surface area contributed by atoms with Crippen molar-refractivity contribution in [1.29, 1.82) is 0 Å². The lowest BCUT2D eigenvalue weighted by atomic mass is 10.4. The van der Waals surface area contributed by atoms with E-state index in [2.05, 4.69) is 4.98 Å². The molecule has 0 aromatic carbocycles. The molecule has 0 bridgehead atoms. The van der Waals surface area contributed by atoms with E-state index in [-0.39, 0.29) is 5.56 Å². The molecular formula is C12H13N3OS. The van der Waals surface area contributed by atoms with E-state index in [1.165, 1.54) is 0 Å². The van der Waals surface area contributed by atoms with Gasteiger partial charge in [0.15, 0.2) is 0 Å². The lowest BCUT2D eigenvalue weighted by Crippen LogP contribution is -2.18. The molecule has 0 atom stereocenters. The standard InChI is InChI=1S/C12H13N3OS/c13-10-4-3-6-14-12(10)17-9-8-15-7-2-1-5-11(15)16/h1-7H,8-9,13H2. The van der Waals surface area contributed by atoms with Crippen LogP contribution in [0.4, 0.5) is 5.69 Å². The summed E-state index contributed by atoms with van der Waals surface area (Å²) in [7, 11) is 0. The number of hydrogen-bond donors (Lipinski definition) is 1. The quantitative estimate of drug-likeness (QED) is 0.834. The predicted octanol–water partition coefficient (Wildman–Crippen LogP) is 1.62. The van der Waals surface area contributed by atoms with Crippen molar-refractivity contribution in [3.8, 4) is 0 Å². The van der Waals surface area contributed by atoms with Gasteiger partial charge < -0.3 is 10.3 Å². The first-order valence-electron chi connectivity index (χ1n) is 5.26. The van der Waals surface area contributed by atoms with Crippen molar-refractivity contribution < 1.29 is 0 Å². The molecule has 2 heterocycles. The largest absolute Gasteiger partial charge is 0.397 e. The molecule has 0 amide bonds. The predicted molar refractivity (Wildman–Crippen MR) is 70.1 cm³/mol. The van der Waals surface area contributed by atoms with E-state index in [1.807, 2.05) is 12.1 Å². The van der Waals surface area contributed by atoms with Gasteiger partial charge in [-0.2, -0.15) is 0 Å². The minimum Gasteiger partial charge on any atom is -0.397 e. The van der Waals surface area contributed by atoms with Crippen LogP contribution in [0.15, 0.2) is 52.5 Å². The van der Waals surface area contributed by atoms with Crippen molar-refractivity contribution in [2.75, 3.05) is 11.5 Å². The Hall–Kier alpha value is -1.75. The van der Waals surface area contributed by atoms with Crippen LogP contribution in [0.2, 0.25) is 0 Å². The number of anilines is 1. The monoisotopic (exact) mass is 247 g/mol. The van der Waals surface area contributed by atoms with Crippen molar-refractivity contribution in [1.82, 2.24) is 9.55 Å². The van der Waals surface area contributed by atoms with Crippen molar-refractivity contribution in [2.45, 2.75) is 11.6 Å². The van der Waals surface area contributed by atoms with Crippen molar-refractivity contribution in [3.05, 3.63) is 53.1 Å². The first-order valence-corrected chi connectivity index (χ1v) is 6.25. The number of nitrogens with zero attached hydrogens (tertiary/aromatic N) is 2. The molecule has 17 heavy (non-hydrogen) atoms. The first kappa shape index (κ1) is 11.7. The van der Waals surface area contributed by atoms with Crippen LogP contribution in [0, 0.1) is 0 Å². The highest BCUT2D eigenvalue weighted by Crippen LogP contribution is 2.21. The van der Waals surface area contributed by atoms with Gasteiger partial charge in [-0.05, 0) is 18.2 Å². The molecule has 4 nitrogen and oxygen atoms in total. The highest BCUT2D eigenvalue weighted by Gasteiger charge is 2.00. The molecule has 2 N–H and O–H groups in total. The second kappa shape index (κ2) is 5.54. The summed E-state index contributed by atoms with van der Waals surface area (Å²) in [5.74, 6) is 0.769. The fourth-order valence-electron chi connectivity index (χ4n) is 1.41. The van der Waals surface area contributed by atoms with Crippen LogP contribution >= 0.6 is 11.8 Å². The number of nitrogens with two attached hydrogens (primary N) is 1. The summed E-state index contributed by atoms with van der Waals surface area (Å²) >= 11 is 1.55. The van der Waals surface area contributed by atoms with Gasteiger partial charge in [0.1, 0.15) is 5.03 Å². The zero-order valence-electron chi connectivity index (χ0n) is 9.24. The van der Waals surface area contributed by atoms with Gasteiger partial charge in [-0.25, -0.2) is 4.98 Å². The van der Waals surface area contributed by atoms with Gasteiger partial charge in [0.2, 0.25) is 0 Å². The van der Waals surface area contributed by atoms with Gasteiger partial charge in [-0.3, -0.25) is 4.79 Å². The number of aromatic nitrogens is 2. The third kappa shape index (κ3) is 3.10. The molecule has 2 aromatic rings. The SMILES string of the molecule is Nc1cccnc1SCCn1ccccc1=O. The molecule has 0 fully saturated rings. The van der Waals surface area contributed by atoms with Crippen LogP contribution in [0.25, 0.3) is 0 Å². The maximum absolute atomic E-state index is 11.4. The summed E-state index contributed by atoms with van der Waals surface area (Å²) in [4.78, 5) is 15.6. The van der Waals surface area contributed by atoms with E-state index < -0.39 is 0 Å². The van der Waals surface area contributed by atoms with E-state index in [1.54, 1.807) is 46.9 Å². The molecule has 0 saturated carbocycles. The van der Waals surface area contributed by atoms with E-state index >= 15 is 0 Å². The summed E-state index contributed by atoms with van der Waals surface area (Å²) in [6.45, 7) is 0.653. The highest BCUT2D eigenvalue weighted by atomic mass is 32.2. The Morgan fingerprint density at radius 2 is 2.18 bits per heavy atom. The minimum atomic E-state index is 0.0158. The Bertz CT molecular complexity index is 553. The Morgan fingerprint density at radius 3 is 2.94 bits per heavy atom. The van der Waals surface area contributed by atoms with Crippen LogP contribution in [0.3, 0.4) is 0 Å². The first-order chi connectivity index (χ1) is 8.27. The Kier molecular flexibility index (Phi) is 3.82. The summed E-state index contributed by atoms with van der Waals surface area (Å²) in [6, 6.07) is 8.77. The molecule has 0 aliphatic heterocycles. The fraction of sp³-hybridized carbons (Fsp3) is 0.167. The Balaban J connectivity index is 1.95. The molecule has 0 radical (unpaired) electrons. The summed E-state index contributed by atoms with van der Waals surface area (Å²) < 4.78 is 1.67. The van der Waals surface area contributed by atoms with Crippen LogP contribution in [0.1, 0.15) is 0 Å². The molecule has 2 rings (SSSR count). The molecule has 88 valence electrons. The van der Waals surface area contributed by atoms with Crippen LogP contribution in [0.5, 0.6) is 0 Å². The summed E-state index contributed by atoms with van der Waals surface area (Å²) in [5.41, 5.74) is 6.47. The van der Waals surface area contributed by atoms with Crippen LogP contribution in [-0.4, -0.2) is 15.3 Å². The molecule has 0 aliphatic rings. The lowest BCUT2D eigenvalue weighted by Gasteiger charge is -2.05.